The van der Waals surface area contributed by atoms with Gasteiger partial charge in [0.25, 0.3) is 0 Å². The zero-order chi connectivity index (χ0) is 12.2. The van der Waals surface area contributed by atoms with Gasteiger partial charge in [-0.05, 0) is 0 Å². The van der Waals surface area contributed by atoms with E-state index in [0.29, 0.717) is 17.4 Å². The van der Waals surface area contributed by atoms with Crippen LogP contribution in [0.25, 0.3) is 0 Å². The molecule has 1 aliphatic heterocycles. The second-order valence-corrected chi connectivity index (χ2v) is 4.44. The maximum absolute atomic E-state index is 11.6. The van der Waals surface area contributed by atoms with Crippen molar-refractivity contribution in [2.45, 2.75) is 6.42 Å². The third kappa shape index (κ3) is 4.46. The molecule has 1 saturated heterocycles. The molecule has 0 aromatic heterocycles. The Bertz CT molecular complexity index is 299. The molecule has 98 valence electrons. The predicted molar refractivity (Wildman–Crippen MR) is 61.4 cm³/mol. The standard InChI is InChI=1S/C11H19N3O2.ClH/c1-3-11(16)14(2)8-6-13(7-9-14)5-4-10(12)15;/h3H,1,4-9H2,2H3,(H-,12,15);1H. The second-order valence-electron chi connectivity index (χ2n) is 4.44. The number of carbonyl (C=O) groups excluding carboxylic acids is 2. The Hall–Kier alpha value is -0.910. The summed E-state index contributed by atoms with van der Waals surface area (Å²) in [5, 5.41) is 0. The number of primary amides is 1. The van der Waals surface area contributed by atoms with Gasteiger partial charge in [0.15, 0.2) is 0 Å². The number of nitrogens with zero attached hydrogens (tertiary/aromatic N) is 2. The molecule has 0 saturated carbocycles. The number of amides is 2. The largest absolute Gasteiger partial charge is 1.00 e. The van der Waals surface area contributed by atoms with Gasteiger partial charge in [0.1, 0.15) is 0 Å². The summed E-state index contributed by atoms with van der Waals surface area (Å²) in [7, 11) is 1.93. The van der Waals surface area contributed by atoms with Crippen molar-refractivity contribution >= 4 is 11.8 Å². The van der Waals surface area contributed by atoms with E-state index in [-0.39, 0.29) is 24.2 Å². The highest BCUT2D eigenvalue weighted by atomic mass is 35.5. The maximum Gasteiger partial charge on any atom is 0.337 e. The molecule has 1 fully saturated rings. The highest BCUT2D eigenvalue weighted by molar-refractivity contribution is 5.80. The van der Waals surface area contributed by atoms with Crippen LogP contribution in [-0.4, -0.2) is 61.0 Å². The lowest BCUT2D eigenvalue weighted by molar-refractivity contribution is -0.837. The molecule has 1 aliphatic rings. The van der Waals surface area contributed by atoms with Crippen LogP contribution in [0, 0.1) is 0 Å². The molecule has 0 unspecified atom stereocenters. The first-order valence-electron chi connectivity index (χ1n) is 5.50. The van der Waals surface area contributed by atoms with Gasteiger partial charge in [0.05, 0.1) is 20.1 Å². The zero-order valence-corrected chi connectivity index (χ0v) is 10.9. The number of rotatable bonds is 4. The Morgan fingerprint density at radius 1 is 1.41 bits per heavy atom. The van der Waals surface area contributed by atoms with Gasteiger partial charge in [-0.3, -0.25) is 14.2 Å². The highest BCUT2D eigenvalue weighted by Crippen LogP contribution is 2.11. The number of carbonyl (C=O) groups is 2. The van der Waals surface area contributed by atoms with Crippen LogP contribution in [0.15, 0.2) is 12.7 Å². The quantitative estimate of drug-likeness (QED) is 0.419. The van der Waals surface area contributed by atoms with Crippen molar-refractivity contribution in [1.29, 1.82) is 0 Å². The van der Waals surface area contributed by atoms with E-state index in [0.717, 1.165) is 26.2 Å². The molecule has 0 bridgehead atoms. The molecule has 1 rings (SSSR count). The van der Waals surface area contributed by atoms with E-state index in [1.165, 1.54) is 6.08 Å². The van der Waals surface area contributed by atoms with Crippen molar-refractivity contribution in [3.05, 3.63) is 12.7 Å². The van der Waals surface area contributed by atoms with E-state index in [1.807, 2.05) is 7.05 Å². The predicted octanol–water partition coefficient (Wildman–Crippen LogP) is -3.66. The lowest BCUT2D eigenvalue weighted by atomic mass is 10.2. The molecule has 0 spiro atoms. The molecule has 2 amide bonds. The smallest absolute Gasteiger partial charge is 0.337 e. The minimum Gasteiger partial charge on any atom is -1.00 e. The summed E-state index contributed by atoms with van der Waals surface area (Å²) in [5.74, 6) is -0.209. The first-order chi connectivity index (χ1) is 7.48. The number of quaternary nitrogens is 1. The van der Waals surface area contributed by atoms with E-state index in [2.05, 4.69) is 11.5 Å². The van der Waals surface area contributed by atoms with Gasteiger partial charge >= 0.3 is 5.91 Å². The Labute approximate surface area is 108 Å². The first kappa shape index (κ1) is 16.1. The fraction of sp³-hybridized carbons (Fsp3) is 0.636. The number of hydrogen-bond acceptors (Lipinski definition) is 3. The molecule has 6 heteroatoms. The summed E-state index contributed by atoms with van der Waals surface area (Å²) in [6.07, 6.45) is 1.78. The second kappa shape index (κ2) is 6.74. The van der Waals surface area contributed by atoms with Crippen molar-refractivity contribution in [3.8, 4) is 0 Å². The Balaban J connectivity index is 0.00000256. The Kier molecular flexibility index (Phi) is 6.37. The summed E-state index contributed by atoms with van der Waals surface area (Å²) in [6.45, 7) is 7.39. The number of halogens is 1. The minimum absolute atomic E-state index is 0. The Morgan fingerprint density at radius 3 is 2.35 bits per heavy atom. The summed E-state index contributed by atoms with van der Waals surface area (Å²) in [5.41, 5.74) is 5.10. The summed E-state index contributed by atoms with van der Waals surface area (Å²) in [4.78, 5) is 24.4. The molecule has 0 aromatic rings. The van der Waals surface area contributed by atoms with Crippen molar-refractivity contribution in [3.63, 3.8) is 0 Å². The van der Waals surface area contributed by atoms with Crippen LogP contribution in [0.4, 0.5) is 0 Å². The number of likely N-dealkylation sites (N-methyl/N-ethyl adjacent to an activating group) is 1. The monoisotopic (exact) mass is 261 g/mol. The van der Waals surface area contributed by atoms with Crippen molar-refractivity contribution in [2.75, 3.05) is 39.8 Å². The van der Waals surface area contributed by atoms with E-state index in [1.54, 1.807) is 0 Å². The highest BCUT2D eigenvalue weighted by Gasteiger charge is 2.33. The molecule has 0 aromatic carbocycles. The maximum atomic E-state index is 11.6. The van der Waals surface area contributed by atoms with E-state index < -0.39 is 0 Å². The molecular formula is C11H20ClN3O2. The normalized spacial score (nSPS) is 19.1. The van der Waals surface area contributed by atoms with Crippen LogP contribution in [0.5, 0.6) is 0 Å². The van der Waals surface area contributed by atoms with Gasteiger partial charge in [-0.25, -0.2) is 4.79 Å². The van der Waals surface area contributed by atoms with E-state index >= 15 is 0 Å². The lowest BCUT2D eigenvalue weighted by Crippen LogP contribution is -3.00. The van der Waals surface area contributed by atoms with Crippen LogP contribution >= 0.6 is 0 Å². The zero-order valence-electron chi connectivity index (χ0n) is 10.2. The summed E-state index contributed by atoms with van der Waals surface area (Å²) >= 11 is 0. The molecule has 0 atom stereocenters. The molecule has 5 nitrogen and oxygen atoms in total. The summed E-state index contributed by atoms with van der Waals surface area (Å²) < 4.78 is 0.413. The molecular weight excluding hydrogens is 242 g/mol. The average molecular weight is 262 g/mol. The SMILES string of the molecule is C=CC(=O)[N+]1(C)CCN(CCC(N)=O)CC1.[Cl-]. The fourth-order valence-electron chi connectivity index (χ4n) is 1.88. The fourth-order valence-corrected chi connectivity index (χ4v) is 1.88. The van der Waals surface area contributed by atoms with Crippen molar-refractivity contribution in [2.24, 2.45) is 5.73 Å². The molecule has 0 aliphatic carbocycles. The number of piperazine rings is 1. The van der Waals surface area contributed by atoms with Crippen LogP contribution < -0.4 is 18.1 Å². The van der Waals surface area contributed by atoms with Gasteiger partial charge in [0, 0.05) is 32.1 Å². The van der Waals surface area contributed by atoms with E-state index in [9.17, 15) is 9.59 Å². The number of hydrogen-bond donors (Lipinski definition) is 1. The van der Waals surface area contributed by atoms with Gasteiger partial charge in [-0.2, -0.15) is 0 Å². The van der Waals surface area contributed by atoms with Gasteiger partial charge in [-0.15, -0.1) is 0 Å². The summed E-state index contributed by atoms with van der Waals surface area (Å²) in [6, 6.07) is 0. The molecule has 1 heterocycles. The Morgan fingerprint density at radius 2 is 1.94 bits per heavy atom. The minimum atomic E-state index is -0.273. The molecule has 17 heavy (non-hydrogen) atoms. The number of nitrogens with two attached hydrogens (primary N) is 1. The molecule has 2 N–H and O–H groups in total. The van der Waals surface area contributed by atoms with Gasteiger partial charge in [-0.1, -0.05) is 6.58 Å². The first-order valence-corrected chi connectivity index (χ1v) is 5.50. The van der Waals surface area contributed by atoms with Gasteiger partial charge < -0.3 is 18.1 Å². The van der Waals surface area contributed by atoms with E-state index in [4.69, 9.17) is 5.73 Å². The van der Waals surface area contributed by atoms with Crippen LogP contribution in [0.1, 0.15) is 6.42 Å². The van der Waals surface area contributed by atoms with Crippen LogP contribution in [0.3, 0.4) is 0 Å². The third-order valence-electron chi connectivity index (χ3n) is 3.20. The average Bonchev–Trinajstić information content (AvgIpc) is 2.27. The molecule has 0 radical (unpaired) electrons. The lowest BCUT2D eigenvalue weighted by Gasteiger charge is -2.39. The van der Waals surface area contributed by atoms with Crippen molar-refractivity contribution < 1.29 is 26.5 Å². The van der Waals surface area contributed by atoms with Crippen molar-refractivity contribution in [1.82, 2.24) is 4.90 Å². The van der Waals surface area contributed by atoms with Crippen LogP contribution in [0.2, 0.25) is 0 Å². The van der Waals surface area contributed by atoms with Crippen LogP contribution in [-0.2, 0) is 9.59 Å². The van der Waals surface area contributed by atoms with Gasteiger partial charge in [0.2, 0.25) is 5.91 Å². The third-order valence-corrected chi connectivity index (χ3v) is 3.20. The topological polar surface area (TPSA) is 63.4 Å².